The van der Waals surface area contributed by atoms with Crippen molar-refractivity contribution >= 4 is 50.7 Å². The molecule has 1 fully saturated rings. The minimum absolute atomic E-state index is 0.184. The maximum Gasteiger partial charge on any atom is 0.315 e. The molecule has 0 heterocycles. The Hall–Kier alpha value is -3.66. The summed E-state index contributed by atoms with van der Waals surface area (Å²) in [4.78, 5) is 36.5. The van der Waals surface area contributed by atoms with Crippen LogP contribution < -0.4 is 24.3 Å². The van der Waals surface area contributed by atoms with Crippen LogP contribution in [0.1, 0.15) is 25.3 Å². The number of esters is 1. The molecule has 4 rings (SSSR count). The van der Waals surface area contributed by atoms with E-state index in [9.17, 15) is 25.0 Å². The predicted octanol–water partition coefficient (Wildman–Crippen LogP) is 6.91. The molecular formula is C29H31N3O9S3. The lowest BCUT2D eigenvalue weighted by Gasteiger charge is -2.35. The summed E-state index contributed by atoms with van der Waals surface area (Å²) in [5, 5.41) is 26.5. The van der Waals surface area contributed by atoms with Gasteiger partial charge in [0.05, 0.1) is 53.0 Å². The van der Waals surface area contributed by atoms with Gasteiger partial charge in [0.25, 0.3) is 11.4 Å². The minimum Gasteiger partial charge on any atom is -0.493 e. The second-order valence-corrected chi connectivity index (χ2v) is 13.1. The number of nitro groups is 2. The molecular weight excluding hydrogens is 631 g/mol. The fraction of sp³-hybridized carbons (Fsp3) is 0.345. The first-order valence-electron chi connectivity index (χ1n) is 13.5. The van der Waals surface area contributed by atoms with Crippen LogP contribution in [0.3, 0.4) is 0 Å². The SMILES string of the molecule is CCSSc1ccccc1OC(=O)C1CCC1NCc1c(Sc2ccc([N+](=O)[O-])cc2[N+](=O)[O-])cc(OC)c(OC)c1OC. The quantitative estimate of drug-likeness (QED) is 0.0590. The zero-order valence-corrected chi connectivity index (χ0v) is 26.8. The second kappa shape index (κ2) is 15.4. The van der Waals surface area contributed by atoms with Crippen molar-refractivity contribution in [1.82, 2.24) is 5.32 Å². The van der Waals surface area contributed by atoms with Crippen LogP contribution in [0.2, 0.25) is 0 Å². The van der Waals surface area contributed by atoms with E-state index in [0.29, 0.717) is 39.9 Å². The summed E-state index contributed by atoms with van der Waals surface area (Å²) in [5.41, 5.74) is -0.185. The van der Waals surface area contributed by atoms with Gasteiger partial charge < -0.3 is 24.3 Å². The Balaban J connectivity index is 1.60. The van der Waals surface area contributed by atoms with Gasteiger partial charge in [-0.15, -0.1) is 0 Å². The first-order valence-corrected chi connectivity index (χ1v) is 16.6. The van der Waals surface area contributed by atoms with Gasteiger partial charge in [-0.3, -0.25) is 25.0 Å². The van der Waals surface area contributed by atoms with Gasteiger partial charge in [0.2, 0.25) is 5.75 Å². The summed E-state index contributed by atoms with van der Waals surface area (Å²) in [5.74, 6) is 1.77. The smallest absolute Gasteiger partial charge is 0.315 e. The average Bonchev–Trinajstić information content (AvgIpc) is 3.00. The maximum atomic E-state index is 13.2. The number of hydrogen-bond acceptors (Lipinski definition) is 13. The summed E-state index contributed by atoms with van der Waals surface area (Å²) in [7, 11) is 7.63. The van der Waals surface area contributed by atoms with Gasteiger partial charge >= 0.3 is 5.97 Å². The van der Waals surface area contributed by atoms with Crippen LogP contribution in [0.15, 0.2) is 63.2 Å². The molecule has 2 unspecified atom stereocenters. The third-order valence-electron chi connectivity index (χ3n) is 6.91. The number of benzene rings is 3. The standard InChI is InChI=1S/C29H31N3O9S3/c1-5-42-44-25-9-7-6-8-22(25)41-29(33)18-11-12-20(18)30-16-19-26(15-23(38-2)28(40-4)27(19)39-3)43-24-13-10-17(31(34)35)14-21(24)32(36)37/h6-10,13-15,18,20,30H,5,11-12,16H2,1-4H3. The van der Waals surface area contributed by atoms with Crippen LogP contribution in [-0.4, -0.2) is 48.9 Å². The Morgan fingerprint density at radius 3 is 2.27 bits per heavy atom. The molecule has 1 aliphatic rings. The highest BCUT2D eigenvalue weighted by Crippen LogP contribution is 2.48. The lowest BCUT2D eigenvalue weighted by molar-refractivity contribution is -0.396. The van der Waals surface area contributed by atoms with E-state index in [1.165, 1.54) is 33.5 Å². The van der Waals surface area contributed by atoms with Gasteiger partial charge in [-0.05, 0) is 37.1 Å². The number of non-ortho nitro benzene ring substituents is 1. The lowest BCUT2D eigenvalue weighted by atomic mass is 9.79. The third-order valence-corrected chi connectivity index (χ3v) is 10.5. The van der Waals surface area contributed by atoms with E-state index >= 15 is 0 Å². The molecule has 0 saturated heterocycles. The van der Waals surface area contributed by atoms with Gasteiger partial charge in [-0.1, -0.05) is 52.4 Å². The van der Waals surface area contributed by atoms with E-state index in [0.717, 1.165) is 34.9 Å². The van der Waals surface area contributed by atoms with E-state index in [1.54, 1.807) is 33.7 Å². The highest BCUT2D eigenvalue weighted by atomic mass is 33.1. The molecule has 3 aromatic carbocycles. The summed E-state index contributed by atoms with van der Waals surface area (Å²) in [6, 6.07) is 12.4. The number of nitrogens with one attached hydrogen (secondary N) is 1. The van der Waals surface area contributed by atoms with Crippen molar-refractivity contribution in [2.24, 2.45) is 5.92 Å². The van der Waals surface area contributed by atoms with Crippen molar-refractivity contribution in [2.45, 2.75) is 47.0 Å². The van der Waals surface area contributed by atoms with Crippen molar-refractivity contribution in [3.63, 3.8) is 0 Å². The van der Waals surface area contributed by atoms with Gasteiger partial charge in [0, 0.05) is 34.9 Å². The number of methoxy groups -OCH3 is 3. The Morgan fingerprint density at radius 1 is 0.909 bits per heavy atom. The van der Waals surface area contributed by atoms with E-state index < -0.39 is 15.5 Å². The van der Waals surface area contributed by atoms with Crippen LogP contribution in [0.25, 0.3) is 0 Å². The molecule has 0 spiro atoms. The third kappa shape index (κ3) is 7.52. The van der Waals surface area contributed by atoms with Crippen molar-refractivity contribution in [1.29, 1.82) is 0 Å². The predicted molar refractivity (Wildman–Crippen MR) is 169 cm³/mol. The van der Waals surface area contributed by atoms with E-state index in [-0.39, 0.29) is 35.1 Å². The molecule has 2 atom stereocenters. The van der Waals surface area contributed by atoms with Crippen molar-refractivity contribution in [2.75, 3.05) is 27.1 Å². The average molecular weight is 662 g/mol. The number of carbonyl (C=O) groups is 1. The normalized spacial score (nSPS) is 15.6. The van der Waals surface area contributed by atoms with Crippen molar-refractivity contribution in [3.05, 3.63) is 74.3 Å². The molecule has 1 saturated carbocycles. The van der Waals surface area contributed by atoms with Crippen molar-refractivity contribution in [3.8, 4) is 23.0 Å². The molecule has 3 aromatic rings. The fourth-order valence-corrected chi connectivity index (χ4v) is 7.37. The molecule has 1 N–H and O–H groups in total. The minimum atomic E-state index is -0.683. The van der Waals surface area contributed by atoms with Crippen molar-refractivity contribution < 1.29 is 33.6 Å². The van der Waals surface area contributed by atoms with Gasteiger partial charge in [-0.25, -0.2) is 0 Å². The number of rotatable bonds is 15. The number of ether oxygens (including phenoxy) is 4. The molecule has 12 nitrogen and oxygen atoms in total. The Morgan fingerprint density at radius 2 is 1.66 bits per heavy atom. The molecule has 1 aliphatic carbocycles. The topological polar surface area (TPSA) is 152 Å². The van der Waals surface area contributed by atoms with Crippen LogP contribution in [0, 0.1) is 26.1 Å². The molecule has 0 amide bonds. The summed E-state index contributed by atoms with van der Waals surface area (Å²) in [6.45, 7) is 2.28. The molecule has 0 radical (unpaired) electrons. The largest absolute Gasteiger partial charge is 0.493 e. The summed E-state index contributed by atoms with van der Waals surface area (Å²) >= 11 is 1.05. The van der Waals surface area contributed by atoms with E-state index in [4.69, 9.17) is 18.9 Å². The molecule has 234 valence electrons. The van der Waals surface area contributed by atoms with E-state index in [2.05, 4.69) is 12.2 Å². The first-order chi connectivity index (χ1) is 21.2. The monoisotopic (exact) mass is 661 g/mol. The number of hydrogen-bond donors (Lipinski definition) is 1. The molecule has 0 aromatic heterocycles. The highest BCUT2D eigenvalue weighted by molar-refractivity contribution is 8.76. The Bertz CT molecular complexity index is 1540. The number of nitro benzene ring substituents is 2. The van der Waals surface area contributed by atoms with Gasteiger partial charge in [0.15, 0.2) is 11.5 Å². The maximum absolute atomic E-state index is 13.2. The highest BCUT2D eigenvalue weighted by Gasteiger charge is 2.38. The van der Waals surface area contributed by atoms with Crippen LogP contribution >= 0.6 is 33.3 Å². The van der Waals surface area contributed by atoms with E-state index in [1.807, 2.05) is 18.2 Å². The Kier molecular flexibility index (Phi) is 11.6. The lowest BCUT2D eigenvalue weighted by Crippen LogP contribution is -2.48. The fourth-order valence-electron chi connectivity index (χ4n) is 4.59. The summed E-state index contributed by atoms with van der Waals surface area (Å²) in [6.07, 6.45) is 1.41. The summed E-state index contributed by atoms with van der Waals surface area (Å²) < 4.78 is 22.6. The zero-order valence-electron chi connectivity index (χ0n) is 24.4. The molecule has 15 heteroatoms. The first kappa shape index (κ1) is 33.2. The van der Waals surface area contributed by atoms with Gasteiger partial charge in [-0.2, -0.15) is 0 Å². The number of nitrogens with zero attached hydrogens (tertiary/aromatic N) is 2. The van der Waals surface area contributed by atoms with Crippen LogP contribution in [-0.2, 0) is 11.3 Å². The molecule has 0 bridgehead atoms. The number of para-hydroxylation sites is 1. The van der Waals surface area contributed by atoms with Crippen LogP contribution in [0.4, 0.5) is 11.4 Å². The second-order valence-electron chi connectivity index (χ2n) is 9.42. The molecule has 44 heavy (non-hydrogen) atoms. The zero-order chi connectivity index (χ0) is 31.8. The number of carbonyl (C=O) groups excluding carboxylic acids is 1. The molecule has 0 aliphatic heterocycles. The Labute approximate surface area is 266 Å². The van der Waals surface area contributed by atoms with Crippen LogP contribution in [0.5, 0.6) is 23.0 Å². The van der Waals surface area contributed by atoms with Gasteiger partial charge in [0.1, 0.15) is 5.75 Å².